The molecular weight excluding hydrogens is 340 g/mol. The number of pyridine rings is 1. The predicted octanol–water partition coefficient (Wildman–Crippen LogP) is 4.39. The van der Waals surface area contributed by atoms with Gasteiger partial charge in [-0.1, -0.05) is 23.8 Å². The maximum atomic E-state index is 5.74. The Balaban J connectivity index is 1.84. The number of benzene rings is 1. The van der Waals surface area contributed by atoms with E-state index in [-0.39, 0.29) is 12.1 Å². The first-order valence-corrected chi connectivity index (χ1v) is 9.32. The Labute approximate surface area is 159 Å². The highest BCUT2D eigenvalue weighted by Crippen LogP contribution is 2.41. The molecule has 1 aromatic carbocycles. The third kappa shape index (κ3) is 2.88. The Morgan fingerprint density at radius 3 is 2.58 bits per heavy atom. The number of anilines is 1. The van der Waals surface area contributed by atoms with E-state index in [1.54, 1.807) is 0 Å². The monoisotopic (exact) mass is 362 g/mol. The minimum absolute atomic E-state index is 0.00482. The first-order chi connectivity index (χ1) is 12.7. The Kier molecular flexibility index (Phi) is 4.47. The molecule has 1 fully saturated rings. The van der Waals surface area contributed by atoms with E-state index in [1.165, 1.54) is 11.3 Å². The van der Waals surface area contributed by atoms with Gasteiger partial charge in [-0.25, -0.2) is 0 Å². The average molecular weight is 363 g/mol. The van der Waals surface area contributed by atoms with E-state index in [2.05, 4.69) is 82.3 Å². The molecule has 26 heavy (non-hydrogen) atoms. The van der Waals surface area contributed by atoms with Crippen LogP contribution in [0.25, 0.3) is 0 Å². The highest BCUT2D eigenvalue weighted by atomic mass is 32.1. The van der Waals surface area contributed by atoms with Crippen LogP contribution < -0.4 is 10.2 Å². The molecule has 2 atom stereocenters. The molecule has 1 saturated heterocycles. The van der Waals surface area contributed by atoms with Crippen LogP contribution in [-0.2, 0) is 6.54 Å². The van der Waals surface area contributed by atoms with Gasteiger partial charge in [0.25, 0.3) is 0 Å². The van der Waals surface area contributed by atoms with E-state index in [9.17, 15) is 0 Å². The minimum atomic E-state index is 0.00482. The molecule has 0 radical (unpaired) electrons. The molecule has 0 unspecified atom stereocenters. The summed E-state index contributed by atoms with van der Waals surface area (Å²) in [5.41, 5.74) is 4.57. The normalized spacial score (nSPS) is 19.6. The second-order valence-corrected chi connectivity index (χ2v) is 6.94. The van der Waals surface area contributed by atoms with Crippen LogP contribution in [0.3, 0.4) is 0 Å². The van der Waals surface area contributed by atoms with Gasteiger partial charge in [0.1, 0.15) is 6.04 Å². The van der Waals surface area contributed by atoms with Crippen molar-refractivity contribution < 1.29 is 0 Å². The SMILES string of the molecule is CCn1cccc1[C@@H]1[C@@H](c2ccccn2)NC(=S)N1c1ccc(C)cc1. The zero-order chi connectivity index (χ0) is 18.1. The van der Waals surface area contributed by atoms with Crippen LogP contribution in [0.15, 0.2) is 67.0 Å². The van der Waals surface area contributed by atoms with E-state index in [0.717, 1.165) is 23.0 Å². The van der Waals surface area contributed by atoms with E-state index in [1.807, 2.05) is 18.3 Å². The molecular formula is C21H22N4S. The van der Waals surface area contributed by atoms with Gasteiger partial charge in [-0.05, 0) is 62.5 Å². The molecule has 0 spiro atoms. The number of nitrogens with one attached hydrogen (secondary N) is 1. The van der Waals surface area contributed by atoms with Crippen LogP contribution in [0.4, 0.5) is 5.69 Å². The molecule has 0 aliphatic carbocycles. The maximum Gasteiger partial charge on any atom is 0.174 e. The van der Waals surface area contributed by atoms with Crippen LogP contribution in [0.1, 0.15) is 36.0 Å². The summed E-state index contributed by atoms with van der Waals surface area (Å²) in [5.74, 6) is 0. The molecule has 4 rings (SSSR count). The predicted molar refractivity (Wildman–Crippen MR) is 109 cm³/mol. The smallest absolute Gasteiger partial charge is 0.174 e. The molecule has 132 valence electrons. The maximum absolute atomic E-state index is 5.74. The van der Waals surface area contributed by atoms with Gasteiger partial charge in [-0.2, -0.15) is 0 Å². The van der Waals surface area contributed by atoms with Crippen molar-refractivity contribution in [1.29, 1.82) is 0 Å². The zero-order valence-electron chi connectivity index (χ0n) is 15.0. The van der Waals surface area contributed by atoms with Crippen molar-refractivity contribution in [3.05, 3.63) is 83.9 Å². The number of hydrogen-bond acceptors (Lipinski definition) is 2. The fourth-order valence-corrected chi connectivity index (χ4v) is 3.97. The van der Waals surface area contributed by atoms with Gasteiger partial charge in [0.2, 0.25) is 0 Å². The molecule has 0 amide bonds. The summed E-state index contributed by atoms with van der Waals surface area (Å²) in [6.07, 6.45) is 3.96. The Morgan fingerprint density at radius 1 is 1.08 bits per heavy atom. The number of aryl methyl sites for hydroxylation is 2. The van der Waals surface area contributed by atoms with Crippen LogP contribution in [0.5, 0.6) is 0 Å². The highest BCUT2D eigenvalue weighted by Gasteiger charge is 2.41. The lowest BCUT2D eigenvalue weighted by molar-refractivity contribution is 0.529. The third-order valence-corrected chi connectivity index (χ3v) is 5.23. The topological polar surface area (TPSA) is 33.1 Å². The van der Waals surface area contributed by atoms with E-state index < -0.39 is 0 Å². The zero-order valence-corrected chi connectivity index (χ0v) is 15.8. The molecule has 1 N–H and O–H groups in total. The van der Waals surface area contributed by atoms with Gasteiger partial charge in [-0.3, -0.25) is 4.98 Å². The van der Waals surface area contributed by atoms with Gasteiger partial charge in [0.15, 0.2) is 5.11 Å². The van der Waals surface area contributed by atoms with Crippen LogP contribution in [0, 0.1) is 6.92 Å². The molecule has 3 aromatic rings. The number of nitrogens with zero attached hydrogens (tertiary/aromatic N) is 3. The van der Waals surface area contributed by atoms with Crippen molar-refractivity contribution in [2.75, 3.05) is 4.90 Å². The lowest BCUT2D eigenvalue weighted by Gasteiger charge is -2.28. The number of rotatable bonds is 4. The quantitative estimate of drug-likeness (QED) is 0.698. The molecule has 0 bridgehead atoms. The highest BCUT2D eigenvalue weighted by molar-refractivity contribution is 7.80. The first kappa shape index (κ1) is 16.8. The Bertz CT molecular complexity index is 901. The minimum Gasteiger partial charge on any atom is -0.351 e. The van der Waals surface area contributed by atoms with Crippen molar-refractivity contribution in [1.82, 2.24) is 14.9 Å². The molecule has 0 saturated carbocycles. The summed E-state index contributed by atoms with van der Waals surface area (Å²) in [6.45, 7) is 5.18. The van der Waals surface area contributed by atoms with Crippen molar-refractivity contribution in [2.24, 2.45) is 0 Å². The largest absolute Gasteiger partial charge is 0.351 e. The fourth-order valence-electron chi connectivity index (χ4n) is 3.62. The van der Waals surface area contributed by atoms with Crippen molar-refractivity contribution >= 4 is 23.0 Å². The Hall–Kier alpha value is -2.66. The van der Waals surface area contributed by atoms with Gasteiger partial charge >= 0.3 is 0 Å². The average Bonchev–Trinajstić information content (AvgIpc) is 3.27. The summed E-state index contributed by atoms with van der Waals surface area (Å²) in [6, 6.07) is 18.9. The lowest BCUT2D eigenvalue weighted by atomic mass is 10.0. The molecule has 3 heterocycles. The van der Waals surface area contributed by atoms with Crippen molar-refractivity contribution in [3.63, 3.8) is 0 Å². The number of hydrogen-bond donors (Lipinski definition) is 1. The lowest BCUT2D eigenvalue weighted by Crippen LogP contribution is -2.30. The van der Waals surface area contributed by atoms with Crippen molar-refractivity contribution in [3.8, 4) is 0 Å². The summed E-state index contributed by atoms with van der Waals surface area (Å²) < 4.78 is 2.28. The van der Waals surface area contributed by atoms with Gasteiger partial charge in [0, 0.05) is 30.3 Å². The molecule has 1 aliphatic rings. The van der Waals surface area contributed by atoms with E-state index in [0.29, 0.717) is 0 Å². The summed E-state index contributed by atoms with van der Waals surface area (Å²) in [7, 11) is 0. The molecule has 5 heteroatoms. The second-order valence-electron chi connectivity index (χ2n) is 6.55. The van der Waals surface area contributed by atoms with E-state index >= 15 is 0 Å². The molecule has 1 aliphatic heterocycles. The standard InChI is InChI=1S/C21H22N4S/c1-3-24-14-6-8-18(24)20-19(17-7-4-5-13-22-17)23-21(26)25(20)16-11-9-15(2)10-12-16/h4-14,19-20H,3H2,1-2H3,(H,23,26)/t19-,20-/m1/s1. The number of thiocarbonyl (C=S) groups is 1. The second kappa shape index (κ2) is 6.92. The van der Waals surface area contributed by atoms with Crippen LogP contribution in [0.2, 0.25) is 0 Å². The fraction of sp³-hybridized carbons (Fsp3) is 0.238. The van der Waals surface area contributed by atoms with Gasteiger partial charge in [0.05, 0.1) is 11.7 Å². The summed E-state index contributed by atoms with van der Waals surface area (Å²) in [4.78, 5) is 6.81. The first-order valence-electron chi connectivity index (χ1n) is 8.91. The van der Waals surface area contributed by atoms with E-state index in [4.69, 9.17) is 12.2 Å². The van der Waals surface area contributed by atoms with Gasteiger partial charge < -0.3 is 14.8 Å². The third-order valence-electron chi connectivity index (χ3n) is 4.92. The summed E-state index contributed by atoms with van der Waals surface area (Å²) in [5, 5.41) is 4.24. The Morgan fingerprint density at radius 2 is 1.88 bits per heavy atom. The van der Waals surface area contributed by atoms with Gasteiger partial charge in [-0.15, -0.1) is 0 Å². The number of aromatic nitrogens is 2. The van der Waals surface area contributed by atoms with Crippen LogP contribution >= 0.6 is 12.2 Å². The van der Waals surface area contributed by atoms with Crippen molar-refractivity contribution in [2.45, 2.75) is 32.5 Å². The molecule has 2 aromatic heterocycles. The van der Waals surface area contributed by atoms with Crippen LogP contribution in [-0.4, -0.2) is 14.7 Å². The molecule has 4 nitrogen and oxygen atoms in total. The summed E-state index contributed by atoms with van der Waals surface area (Å²) >= 11 is 5.74.